The summed E-state index contributed by atoms with van der Waals surface area (Å²) in [6.45, 7) is 3.09. The number of aryl methyl sites for hydroxylation is 1. The summed E-state index contributed by atoms with van der Waals surface area (Å²) < 4.78 is 13.3. The number of amides is 1. The van der Waals surface area contributed by atoms with Gasteiger partial charge in [-0.1, -0.05) is 23.7 Å². The molecule has 9 heteroatoms. The number of thiazole rings is 1. The van der Waals surface area contributed by atoms with Crippen LogP contribution < -0.4 is 5.32 Å². The molecule has 0 radical (unpaired) electrons. The van der Waals surface area contributed by atoms with E-state index in [0.717, 1.165) is 28.3 Å². The summed E-state index contributed by atoms with van der Waals surface area (Å²) in [5.74, 6) is 0.0677. The van der Waals surface area contributed by atoms with Crippen LogP contribution in [0.3, 0.4) is 0 Å². The van der Waals surface area contributed by atoms with Crippen molar-refractivity contribution in [2.45, 2.75) is 25.8 Å². The van der Waals surface area contributed by atoms with Gasteiger partial charge in [0.1, 0.15) is 11.5 Å². The van der Waals surface area contributed by atoms with Crippen molar-refractivity contribution in [1.29, 1.82) is 0 Å². The summed E-state index contributed by atoms with van der Waals surface area (Å²) in [7, 11) is 0. The summed E-state index contributed by atoms with van der Waals surface area (Å²) >= 11 is 7.26. The first kappa shape index (κ1) is 19.7. The number of hydrogen-bond acceptors (Lipinski definition) is 6. The Kier molecular flexibility index (Phi) is 5.73. The number of benzene rings is 1. The molecule has 1 amide bonds. The fourth-order valence-electron chi connectivity index (χ4n) is 3.43. The highest BCUT2D eigenvalue weighted by Crippen LogP contribution is 2.32. The summed E-state index contributed by atoms with van der Waals surface area (Å²) in [5.41, 5.74) is 1.22. The van der Waals surface area contributed by atoms with Crippen molar-refractivity contribution in [3.05, 3.63) is 58.2 Å². The number of carbonyl (C=O) groups is 1. The van der Waals surface area contributed by atoms with Gasteiger partial charge in [0, 0.05) is 19.1 Å². The van der Waals surface area contributed by atoms with E-state index in [1.54, 1.807) is 12.1 Å². The van der Waals surface area contributed by atoms with E-state index in [9.17, 15) is 9.18 Å². The molecule has 1 aliphatic rings. The maximum Gasteiger partial charge on any atom is 0.274 e. The molecule has 0 bridgehead atoms. The fraction of sp³-hybridized carbons (Fsp3) is 0.300. The van der Waals surface area contributed by atoms with Crippen LogP contribution in [-0.2, 0) is 0 Å². The van der Waals surface area contributed by atoms with Crippen molar-refractivity contribution in [1.82, 2.24) is 19.9 Å². The van der Waals surface area contributed by atoms with Gasteiger partial charge in [0.05, 0.1) is 27.3 Å². The standard InChI is InChI=1S/C20H19ClFN5OS/c1-12-26-17(18(29-12)13-4-6-15(22)7-5-13)19(28)27-8-2-3-16(27)11-25-20-23-9-14(21)10-24-20/h4-7,9-10,16H,2-3,8,11H2,1H3,(H,23,24,25). The molecular weight excluding hydrogens is 413 g/mol. The van der Waals surface area contributed by atoms with Crippen molar-refractivity contribution in [2.24, 2.45) is 0 Å². The van der Waals surface area contributed by atoms with Crippen molar-refractivity contribution in [3.8, 4) is 10.4 Å². The van der Waals surface area contributed by atoms with Crippen LogP contribution in [0.25, 0.3) is 10.4 Å². The Labute approximate surface area is 176 Å². The molecule has 1 aromatic carbocycles. The molecule has 3 heterocycles. The van der Waals surface area contributed by atoms with Crippen molar-refractivity contribution >= 4 is 34.8 Å². The van der Waals surface area contributed by atoms with E-state index in [2.05, 4.69) is 20.3 Å². The molecule has 3 aromatic rings. The van der Waals surface area contributed by atoms with Crippen LogP contribution in [0.5, 0.6) is 0 Å². The van der Waals surface area contributed by atoms with Crippen LogP contribution in [-0.4, -0.2) is 44.9 Å². The van der Waals surface area contributed by atoms with Crippen molar-refractivity contribution in [3.63, 3.8) is 0 Å². The predicted molar refractivity (Wildman–Crippen MR) is 112 cm³/mol. The second-order valence-corrected chi connectivity index (χ2v) is 8.46. The van der Waals surface area contributed by atoms with Gasteiger partial charge in [0.15, 0.2) is 0 Å². The van der Waals surface area contributed by atoms with Crippen LogP contribution in [0.4, 0.5) is 10.3 Å². The smallest absolute Gasteiger partial charge is 0.274 e. The lowest BCUT2D eigenvalue weighted by molar-refractivity contribution is 0.0739. The summed E-state index contributed by atoms with van der Waals surface area (Å²) in [6, 6.07) is 6.17. The van der Waals surface area contributed by atoms with E-state index >= 15 is 0 Å². The van der Waals surface area contributed by atoms with Gasteiger partial charge < -0.3 is 10.2 Å². The first-order valence-electron chi connectivity index (χ1n) is 9.27. The number of anilines is 1. The Morgan fingerprint density at radius 3 is 2.76 bits per heavy atom. The van der Waals surface area contributed by atoms with Gasteiger partial charge in [0.25, 0.3) is 5.91 Å². The molecule has 150 valence electrons. The molecular formula is C20H19ClFN5OS. The minimum Gasteiger partial charge on any atom is -0.352 e. The normalized spacial score (nSPS) is 16.2. The molecule has 1 saturated heterocycles. The third-order valence-corrected chi connectivity index (χ3v) is 6.01. The molecule has 6 nitrogen and oxygen atoms in total. The zero-order chi connectivity index (χ0) is 20.4. The molecule has 29 heavy (non-hydrogen) atoms. The molecule has 4 rings (SSSR count). The second kappa shape index (κ2) is 8.42. The minimum absolute atomic E-state index is 0.0184. The summed E-state index contributed by atoms with van der Waals surface area (Å²) in [5, 5.41) is 4.45. The van der Waals surface area contributed by atoms with Crippen LogP contribution in [0.2, 0.25) is 5.02 Å². The molecule has 1 aliphatic heterocycles. The number of halogens is 2. The number of nitrogens with one attached hydrogen (secondary N) is 1. The summed E-state index contributed by atoms with van der Waals surface area (Å²) in [6.07, 6.45) is 4.87. The van der Waals surface area contributed by atoms with Gasteiger partial charge in [0.2, 0.25) is 5.95 Å². The van der Waals surface area contributed by atoms with Crippen LogP contribution >= 0.6 is 22.9 Å². The zero-order valence-corrected chi connectivity index (χ0v) is 17.3. The van der Waals surface area contributed by atoms with Gasteiger partial charge in [-0.15, -0.1) is 11.3 Å². The Bertz CT molecular complexity index is 1010. The van der Waals surface area contributed by atoms with Gasteiger partial charge in [-0.25, -0.2) is 19.3 Å². The maximum atomic E-state index is 13.3. The monoisotopic (exact) mass is 431 g/mol. The lowest BCUT2D eigenvalue weighted by atomic mass is 10.1. The van der Waals surface area contributed by atoms with Crippen molar-refractivity contribution < 1.29 is 9.18 Å². The first-order valence-corrected chi connectivity index (χ1v) is 10.5. The lowest BCUT2D eigenvalue weighted by Gasteiger charge is -2.24. The largest absolute Gasteiger partial charge is 0.352 e. The predicted octanol–water partition coefficient (Wildman–Crippen LogP) is 4.42. The van der Waals surface area contributed by atoms with E-state index < -0.39 is 0 Å². The lowest BCUT2D eigenvalue weighted by Crippen LogP contribution is -2.40. The quantitative estimate of drug-likeness (QED) is 0.647. The molecule has 0 spiro atoms. The second-order valence-electron chi connectivity index (χ2n) is 6.82. The van der Waals surface area contributed by atoms with E-state index in [-0.39, 0.29) is 17.8 Å². The van der Waals surface area contributed by atoms with Crippen LogP contribution in [0.1, 0.15) is 28.3 Å². The highest BCUT2D eigenvalue weighted by Gasteiger charge is 2.32. The van der Waals surface area contributed by atoms with E-state index in [0.29, 0.717) is 29.8 Å². The Hall–Kier alpha value is -2.58. The third kappa shape index (κ3) is 4.38. The Morgan fingerprint density at radius 2 is 2.03 bits per heavy atom. The first-order chi connectivity index (χ1) is 14.0. The molecule has 0 aliphatic carbocycles. The average Bonchev–Trinajstić information content (AvgIpc) is 3.34. The highest BCUT2D eigenvalue weighted by atomic mass is 35.5. The maximum absolute atomic E-state index is 13.3. The topological polar surface area (TPSA) is 71.0 Å². The molecule has 2 aromatic heterocycles. The Balaban J connectivity index is 1.52. The molecule has 1 N–H and O–H groups in total. The number of likely N-dealkylation sites (tertiary alicyclic amines) is 1. The van der Waals surface area contributed by atoms with E-state index in [4.69, 9.17) is 11.6 Å². The average molecular weight is 432 g/mol. The van der Waals surface area contributed by atoms with E-state index in [1.165, 1.54) is 35.9 Å². The number of hydrogen-bond donors (Lipinski definition) is 1. The van der Waals surface area contributed by atoms with Crippen LogP contribution in [0.15, 0.2) is 36.7 Å². The molecule has 1 unspecified atom stereocenters. The van der Waals surface area contributed by atoms with Gasteiger partial charge in [-0.05, 0) is 37.5 Å². The number of nitrogens with zero attached hydrogens (tertiary/aromatic N) is 4. The SMILES string of the molecule is Cc1nc(C(=O)N2CCCC2CNc2ncc(Cl)cn2)c(-c2ccc(F)cc2)s1. The molecule has 1 atom stereocenters. The number of aromatic nitrogens is 3. The number of rotatable bonds is 5. The van der Waals surface area contributed by atoms with Crippen LogP contribution in [0, 0.1) is 12.7 Å². The van der Waals surface area contributed by atoms with E-state index in [1.807, 2.05) is 11.8 Å². The number of carbonyl (C=O) groups excluding carboxylic acids is 1. The highest BCUT2D eigenvalue weighted by molar-refractivity contribution is 7.15. The fourth-order valence-corrected chi connectivity index (χ4v) is 4.45. The van der Waals surface area contributed by atoms with Gasteiger partial charge >= 0.3 is 0 Å². The third-order valence-electron chi connectivity index (χ3n) is 4.80. The molecule has 1 fully saturated rings. The summed E-state index contributed by atoms with van der Waals surface area (Å²) in [4.78, 5) is 28.7. The van der Waals surface area contributed by atoms with Gasteiger partial charge in [-0.2, -0.15) is 0 Å². The van der Waals surface area contributed by atoms with Crippen molar-refractivity contribution in [2.75, 3.05) is 18.4 Å². The Morgan fingerprint density at radius 1 is 1.31 bits per heavy atom. The minimum atomic E-state index is -0.307. The zero-order valence-electron chi connectivity index (χ0n) is 15.7. The van der Waals surface area contributed by atoms with Gasteiger partial charge in [-0.3, -0.25) is 4.79 Å². The molecule has 0 saturated carbocycles.